The van der Waals surface area contributed by atoms with Crippen LogP contribution in [0.15, 0.2) is 78.9 Å². The predicted molar refractivity (Wildman–Crippen MR) is 110 cm³/mol. The van der Waals surface area contributed by atoms with E-state index in [0.29, 0.717) is 16.8 Å². The van der Waals surface area contributed by atoms with Crippen molar-refractivity contribution in [2.45, 2.75) is 26.7 Å². The zero-order valence-corrected chi connectivity index (χ0v) is 16.2. The van der Waals surface area contributed by atoms with Gasteiger partial charge in [-0.3, -0.25) is 0 Å². The molecule has 0 saturated carbocycles. The van der Waals surface area contributed by atoms with Gasteiger partial charge in [0.1, 0.15) is 0 Å². The Bertz CT molecular complexity index is 765. The molecular weight excluding hydrogens is 343 g/mol. The second-order valence-electron chi connectivity index (χ2n) is 6.15. The van der Waals surface area contributed by atoms with Gasteiger partial charge in [-0.25, -0.2) is 0 Å². The molecule has 0 aliphatic carbocycles. The Hall–Kier alpha value is -2.35. The molecule has 3 aromatic carbocycles. The summed E-state index contributed by atoms with van der Waals surface area (Å²) in [6.07, 6.45) is 1.92. The van der Waals surface area contributed by atoms with Gasteiger partial charge in [-0.15, -0.1) is 0 Å². The van der Waals surface area contributed by atoms with Crippen molar-refractivity contribution in [3.63, 3.8) is 0 Å². The molecule has 0 heterocycles. The summed E-state index contributed by atoms with van der Waals surface area (Å²) in [4.78, 5) is 11.3. The van der Waals surface area contributed by atoms with Crippen LogP contribution in [0.2, 0.25) is 0 Å². The fraction of sp³-hybridized carbons (Fsp3) is 0.182. The Balaban J connectivity index is 1.90. The summed E-state index contributed by atoms with van der Waals surface area (Å²) in [7, 11) is -3.66. The molecule has 0 fully saturated rings. The van der Waals surface area contributed by atoms with Gasteiger partial charge in [0.2, 0.25) is 0 Å². The van der Waals surface area contributed by atoms with Crippen molar-refractivity contribution in [3.05, 3.63) is 90.0 Å². The number of aryl methyl sites for hydroxylation is 2. The van der Waals surface area contributed by atoms with E-state index in [0.717, 1.165) is 12.8 Å². The van der Waals surface area contributed by atoms with Gasteiger partial charge in [-0.1, -0.05) is 0 Å². The Morgan fingerprint density at radius 3 is 1.46 bits per heavy atom. The maximum atomic E-state index is 11.3. The first-order valence-corrected chi connectivity index (χ1v) is 10.7. The standard InChI is InChI=1S/C22H25O3P/c1-3-18-10-14-20(15-11-18)24-26(23,22-8-6-5-7-9-22)25-21-16-12-19(4-2)13-17-21/h5-17,23,26H,3-4H2,1-2H3. The van der Waals surface area contributed by atoms with Crippen LogP contribution in [0, 0.1) is 0 Å². The molecule has 26 heavy (non-hydrogen) atoms. The Morgan fingerprint density at radius 2 is 1.08 bits per heavy atom. The minimum atomic E-state index is -3.66. The van der Waals surface area contributed by atoms with Crippen LogP contribution in [-0.4, -0.2) is 4.89 Å². The van der Waals surface area contributed by atoms with E-state index in [-0.39, 0.29) is 0 Å². The average molecular weight is 368 g/mol. The normalized spacial score (nSPS) is 11.8. The zero-order chi connectivity index (χ0) is 18.4. The summed E-state index contributed by atoms with van der Waals surface area (Å²) in [6, 6.07) is 24.9. The summed E-state index contributed by atoms with van der Waals surface area (Å²) < 4.78 is 12.0. The third kappa shape index (κ3) is 4.43. The van der Waals surface area contributed by atoms with E-state index in [4.69, 9.17) is 9.05 Å². The molecule has 3 rings (SSSR count). The molecule has 0 spiro atoms. The number of rotatable bonds is 7. The van der Waals surface area contributed by atoms with Gasteiger partial charge in [0, 0.05) is 0 Å². The van der Waals surface area contributed by atoms with Crippen LogP contribution in [0.1, 0.15) is 25.0 Å². The molecule has 0 aromatic heterocycles. The number of hydrogen-bond donors (Lipinski definition) is 1. The van der Waals surface area contributed by atoms with Crippen molar-refractivity contribution in [3.8, 4) is 11.5 Å². The maximum absolute atomic E-state index is 11.3. The van der Waals surface area contributed by atoms with Crippen molar-refractivity contribution >= 4 is 13.2 Å². The van der Waals surface area contributed by atoms with E-state index in [1.54, 1.807) is 0 Å². The number of benzene rings is 3. The summed E-state index contributed by atoms with van der Waals surface area (Å²) in [5.41, 5.74) is 2.44. The molecule has 3 aromatic rings. The second-order valence-corrected chi connectivity index (χ2v) is 8.30. The second kappa shape index (κ2) is 8.35. The zero-order valence-electron chi connectivity index (χ0n) is 15.2. The SMILES string of the molecule is CCc1ccc(O[PH](O)(Oc2ccc(CC)cc2)c2ccccc2)cc1. The molecule has 0 amide bonds. The van der Waals surface area contributed by atoms with E-state index in [1.165, 1.54) is 11.1 Å². The van der Waals surface area contributed by atoms with Crippen LogP contribution in [0.5, 0.6) is 11.5 Å². The molecule has 136 valence electrons. The molecule has 0 radical (unpaired) electrons. The van der Waals surface area contributed by atoms with Crippen LogP contribution >= 0.6 is 7.94 Å². The van der Waals surface area contributed by atoms with Gasteiger partial charge in [0.25, 0.3) is 0 Å². The fourth-order valence-corrected chi connectivity index (χ4v) is 4.50. The van der Waals surface area contributed by atoms with Crippen molar-refractivity contribution in [2.75, 3.05) is 0 Å². The Morgan fingerprint density at radius 1 is 0.654 bits per heavy atom. The first-order chi connectivity index (χ1) is 12.6. The Labute approximate surface area is 155 Å². The average Bonchev–Trinajstić information content (AvgIpc) is 2.70. The first kappa shape index (κ1) is 18.4. The molecule has 0 atom stereocenters. The van der Waals surface area contributed by atoms with Crippen LogP contribution < -0.4 is 14.4 Å². The van der Waals surface area contributed by atoms with Crippen LogP contribution in [0.4, 0.5) is 0 Å². The van der Waals surface area contributed by atoms with E-state index >= 15 is 0 Å². The fourth-order valence-electron chi connectivity index (χ4n) is 2.69. The minimum absolute atomic E-state index is 0.602. The van der Waals surface area contributed by atoms with Gasteiger partial charge in [-0.05, 0) is 0 Å². The van der Waals surface area contributed by atoms with Crippen molar-refractivity contribution in [1.29, 1.82) is 0 Å². The van der Waals surface area contributed by atoms with Gasteiger partial charge in [0.15, 0.2) is 0 Å². The third-order valence-electron chi connectivity index (χ3n) is 4.31. The summed E-state index contributed by atoms with van der Waals surface area (Å²) >= 11 is 0. The summed E-state index contributed by atoms with van der Waals surface area (Å²) in [5, 5.41) is 0.666. The van der Waals surface area contributed by atoms with Crippen molar-refractivity contribution < 1.29 is 13.9 Å². The van der Waals surface area contributed by atoms with Gasteiger partial charge in [0.05, 0.1) is 0 Å². The van der Waals surface area contributed by atoms with Crippen LogP contribution in [-0.2, 0) is 12.8 Å². The molecule has 0 saturated heterocycles. The summed E-state index contributed by atoms with van der Waals surface area (Å²) in [6.45, 7) is 4.21. The monoisotopic (exact) mass is 368 g/mol. The molecule has 0 aliphatic rings. The number of hydrogen-bond acceptors (Lipinski definition) is 3. The molecule has 0 unspecified atom stereocenters. The van der Waals surface area contributed by atoms with E-state index in [2.05, 4.69) is 13.8 Å². The van der Waals surface area contributed by atoms with E-state index in [9.17, 15) is 4.89 Å². The Kier molecular flexibility index (Phi) is 5.92. The molecule has 0 aliphatic heterocycles. The van der Waals surface area contributed by atoms with Gasteiger partial charge in [-0.2, -0.15) is 0 Å². The summed E-state index contributed by atoms with van der Waals surface area (Å²) in [5.74, 6) is 1.20. The van der Waals surface area contributed by atoms with E-state index in [1.807, 2.05) is 78.9 Å². The van der Waals surface area contributed by atoms with Gasteiger partial charge >= 0.3 is 155 Å². The van der Waals surface area contributed by atoms with Gasteiger partial charge < -0.3 is 0 Å². The van der Waals surface area contributed by atoms with Crippen LogP contribution in [0.25, 0.3) is 0 Å². The molecule has 1 N–H and O–H groups in total. The topological polar surface area (TPSA) is 38.7 Å². The molecule has 3 nitrogen and oxygen atoms in total. The quantitative estimate of drug-likeness (QED) is 0.591. The van der Waals surface area contributed by atoms with E-state index < -0.39 is 7.94 Å². The van der Waals surface area contributed by atoms with Crippen molar-refractivity contribution in [1.82, 2.24) is 0 Å². The predicted octanol–water partition coefficient (Wildman–Crippen LogP) is 5.08. The molecular formula is C22H25O3P. The molecule has 4 heteroatoms. The first-order valence-electron chi connectivity index (χ1n) is 8.96. The third-order valence-corrected chi connectivity index (χ3v) is 6.40. The molecule has 0 bridgehead atoms. The van der Waals surface area contributed by atoms with Crippen LogP contribution in [0.3, 0.4) is 0 Å². The van der Waals surface area contributed by atoms with Crippen molar-refractivity contribution in [2.24, 2.45) is 0 Å².